The Balaban J connectivity index is 2.51. The molecular formula is C13H13FO4S. The molecule has 19 heavy (non-hydrogen) atoms. The summed E-state index contributed by atoms with van der Waals surface area (Å²) in [5, 5.41) is 0.431. The molecule has 0 unspecified atom stereocenters. The lowest BCUT2D eigenvalue weighted by Crippen LogP contribution is -2.08. The van der Waals surface area contributed by atoms with Gasteiger partial charge in [-0.15, -0.1) is 0 Å². The lowest BCUT2D eigenvalue weighted by molar-refractivity contribution is -0.142. The Hall–Kier alpha value is -1.69. The van der Waals surface area contributed by atoms with Gasteiger partial charge in [0.05, 0.1) is 22.3 Å². The first-order valence-electron chi connectivity index (χ1n) is 5.73. The van der Waals surface area contributed by atoms with Gasteiger partial charge in [-0.05, 0) is 25.1 Å². The summed E-state index contributed by atoms with van der Waals surface area (Å²) in [4.78, 5) is 11.8. The Morgan fingerprint density at radius 1 is 1.47 bits per heavy atom. The van der Waals surface area contributed by atoms with Gasteiger partial charge < -0.3 is 9.15 Å². The fourth-order valence-corrected chi connectivity index (χ4v) is 2.78. The average Bonchev–Trinajstić information content (AvgIpc) is 2.66. The summed E-state index contributed by atoms with van der Waals surface area (Å²) in [6, 6.07) is 3.96. The highest BCUT2D eigenvalue weighted by Gasteiger charge is 2.20. The van der Waals surface area contributed by atoms with Gasteiger partial charge in [-0.1, -0.05) is 0 Å². The van der Waals surface area contributed by atoms with Crippen LogP contribution in [0.2, 0.25) is 0 Å². The molecule has 0 amide bonds. The van der Waals surface area contributed by atoms with Crippen LogP contribution in [0, 0.1) is 5.82 Å². The molecule has 1 heterocycles. The van der Waals surface area contributed by atoms with Gasteiger partial charge in [0.25, 0.3) is 0 Å². The van der Waals surface area contributed by atoms with Crippen LogP contribution in [-0.2, 0) is 26.8 Å². The standard InChI is InChI=1S/C13H13FO4S/c1-3-17-12(15)7-11-13(19(2)16)9-6-8(14)4-5-10(9)18-11/h4-6H,3,7H2,1-2H3/t19-/m0/s1. The van der Waals surface area contributed by atoms with Gasteiger partial charge in [-0.2, -0.15) is 0 Å². The van der Waals surface area contributed by atoms with Crippen LogP contribution in [0.15, 0.2) is 27.5 Å². The maximum atomic E-state index is 13.2. The first kappa shape index (κ1) is 13.7. The number of fused-ring (bicyclic) bond motifs is 1. The molecular weight excluding hydrogens is 271 g/mol. The average molecular weight is 284 g/mol. The van der Waals surface area contributed by atoms with Crippen molar-refractivity contribution in [1.82, 2.24) is 0 Å². The Kier molecular flexibility index (Phi) is 3.99. The van der Waals surface area contributed by atoms with Crippen molar-refractivity contribution in [3.8, 4) is 0 Å². The van der Waals surface area contributed by atoms with Crippen LogP contribution in [-0.4, -0.2) is 23.0 Å². The number of hydrogen-bond donors (Lipinski definition) is 0. The molecule has 1 atom stereocenters. The Bertz CT molecular complexity index is 647. The molecule has 4 nitrogen and oxygen atoms in total. The van der Waals surface area contributed by atoms with Gasteiger partial charge in [0.1, 0.15) is 23.6 Å². The molecule has 0 aliphatic rings. The maximum Gasteiger partial charge on any atom is 0.313 e. The van der Waals surface area contributed by atoms with Gasteiger partial charge >= 0.3 is 5.97 Å². The van der Waals surface area contributed by atoms with E-state index in [1.165, 1.54) is 24.5 Å². The molecule has 0 radical (unpaired) electrons. The van der Waals surface area contributed by atoms with E-state index in [0.29, 0.717) is 15.9 Å². The number of esters is 1. The van der Waals surface area contributed by atoms with Crippen molar-refractivity contribution in [2.45, 2.75) is 18.2 Å². The smallest absolute Gasteiger partial charge is 0.313 e. The fraction of sp³-hybridized carbons (Fsp3) is 0.308. The largest absolute Gasteiger partial charge is 0.466 e. The minimum atomic E-state index is -1.38. The van der Waals surface area contributed by atoms with Gasteiger partial charge in [-0.25, -0.2) is 4.39 Å². The third-order valence-corrected chi connectivity index (χ3v) is 3.59. The zero-order chi connectivity index (χ0) is 14.0. The van der Waals surface area contributed by atoms with Crippen LogP contribution in [0.25, 0.3) is 11.0 Å². The fourth-order valence-electron chi connectivity index (χ4n) is 1.87. The van der Waals surface area contributed by atoms with E-state index in [-0.39, 0.29) is 18.8 Å². The van der Waals surface area contributed by atoms with Gasteiger partial charge in [0.15, 0.2) is 0 Å². The van der Waals surface area contributed by atoms with Crippen LogP contribution >= 0.6 is 0 Å². The molecule has 0 aliphatic carbocycles. The Labute approximate surface area is 112 Å². The van der Waals surface area contributed by atoms with Gasteiger partial charge in [0, 0.05) is 11.6 Å². The first-order chi connectivity index (χ1) is 9.02. The van der Waals surface area contributed by atoms with Crippen LogP contribution in [0.3, 0.4) is 0 Å². The summed E-state index contributed by atoms with van der Waals surface area (Å²) in [6.45, 7) is 1.96. The van der Waals surface area contributed by atoms with Crippen molar-refractivity contribution in [3.05, 3.63) is 29.8 Å². The molecule has 0 fully saturated rings. The SMILES string of the molecule is CCOC(=O)Cc1oc2ccc(F)cc2c1[S@](C)=O. The van der Waals surface area contributed by atoms with Crippen molar-refractivity contribution < 1.29 is 22.5 Å². The van der Waals surface area contributed by atoms with E-state index in [0.717, 1.165) is 0 Å². The Morgan fingerprint density at radius 2 is 2.21 bits per heavy atom. The molecule has 1 aromatic carbocycles. The second-order valence-corrected chi connectivity index (χ2v) is 5.25. The minimum absolute atomic E-state index is 0.112. The van der Waals surface area contributed by atoms with Crippen LogP contribution < -0.4 is 0 Å². The molecule has 6 heteroatoms. The molecule has 0 spiro atoms. The van der Waals surface area contributed by atoms with E-state index in [1.807, 2.05) is 0 Å². The third kappa shape index (κ3) is 2.84. The van der Waals surface area contributed by atoms with Crippen LogP contribution in [0.5, 0.6) is 0 Å². The third-order valence-electron chi connectivity index (χ3n) is 2.57. The zero-order valence-electron chi connectivity index (χ0n) is 10.6. The number of carbonyl (C=O) groups is 1. The summed E-state index contributed by atoms with van der Waals surface area (Å²) in [6.07, 6.45) is 1.35. The van der Waals surface area contributed by atoms with Crippen molar-refractivity contribution in [1.29, 1.82) is 0 Å². The van der Waals surface area contributed by atoms with Crippen molar-refractivity contribution in [2.24, 2.45) is 0 Å². The van der Waals surface area contributed by atoms with Gasteiger partial charge in [0.2, 0.25) is 0 Å². The van der Waals surface area contributed by atoms with Crippen molar-refractivity contribution >= 4 is 27.7 Å². The monoisotopic (exact) mass is 284 g/mol. The summed E-state index contributed by atoms with van der Waals surface area (Å²) in [7, 11) is -1.38. The number of hydrogen-bond acceptors (Lipinski definition) is 4. The topological polar surface area (TPSA) is 56.5 Å². The number of halogens is 1. The molecule has 102 valence electrons. The maximum absolute atomic E-state index is 13.2. The molecule has 0 saturated heterocycles. The number of carbonyl (C=O) groups excluding carboxylic acids is 1. The summed E-state index contributed by atoms with van der Waals surface area (Å²) >= 11 is 0. The predicted octanol–water partition coefficient (Wildman–Crippen LogP) is 2.41. The molecule has 0 N–H and O–H groups in total. The molecule has 0 bridgehead atoms. The van der Waals surface area contributed by atoms with E-state index in [2.05, 4.69) is 0 Å². The number of furan rings is 1. The van der Waals surface area contributed by atoms with Crippen LogP contribution in [0.1, 0.15) is 12.7 Å². The minimum Gasteiger partial charge on any atom is -0.466 e. The lowest BCUT2D eigenvalue weighted by Gasteiger charge is -2.00. The second kappa shape index (κ2) is 5.52. The van der Waals surface area contributed by atoms with E-state index in [4.69, 9.17) is 9.15 Å². The molecule has 2 rings (SSSR count). The number of benzene rings is 1. The van der Waals surface area contributed by atoms with E-state index < -0.39 is 22.6 Å². The van der Waals surface area contributed by atoms with Gasteiger partial charge in [-0.3, -0.25) is 9.00 Å². The highest BCUT2D eigenvalue weighted by Crippen LogP contribution is 2.29. The quantitative estimate of drug-likeness (QED) is 0.809. The normalized spacial score (nSPS) is 12.6. The van der Waals surface area contributed by atoms with Crippen molar-refractivity contribution in [2.75, 3.05) is 12.9 Å². The zero-order valence-corrected chi connectivity index (χ0v) is 11.4. The summed E-state index contributed by atoms with van der Waals surface area (Å²) in [5.41, 5.74) is 0.408. The summed E-state index contributed by atoms with van der Waals surface area (Å²) < 4.78 is 35.3. The van der Waals surface area contributed by atoms with E-state index in [1.54, 1.807) is 6.92 Å². The van der Waals surface area contributed by atoms with E-state index >= 15 is 0 Å². The first-order valence-corrected chi connectivity index (χ1v) is 7.28. The van der Waals surface area contributed by atoms with E-state index in [9.17, 15) is 13.4 Å². The highest BCUT2D eigenvalue weighted by molar-refractivity contribution is 7.84. The van der Waals surface area contributed by atoms with Crippen molar-refractivity contribution in [3.63, 3.8) is 0 Å². The lowest BCUT2D eigenvalue weighted by atomic mass is 10.2. The molecule has 0 saturated carbocycles. The predicted molar refractivity (Wildman–Crippen MR) is 68.8 cm³/mol. The molecule has 2 aromatic rings. The number of ether oxygens (including phenoxy) is 1. The molecule has 0 aliphatic heterocycles. The summed E-state index contributed by atoms with van der Waals surface area (Å²) in [5.74, 6) is -0.642. The van der Waals surface area contributed by atoms with Crippen LogP contribution in [0.4, 0.5) is 4.39 Å². The Morgan fingerprint density at radius 3 is 2.84 bits per heavy atom. The molecule has 1 aromatic heterocycles. The second-order valence-electron chi connectivity index (χ2n) is 3.93. The number of rotatable bonds is 4. The highest BCUT2D eigenvalue weighted by atomic mass is 32.2.